The molecule has 3 rings (SSSR count). The van der Waals surface area contributed by atoms with Crippen molar-refractivity contribution in [3.63, 3.8) is 0 Å². The molecule has 0 atom stereocenters. The molecule has 3 aromatic rings. The summed E-state index contributed by atoms with van der Waals surface area (Å²) in [6.07, 6.45) is 0. The van der Waals surface area contributed by atoms with Gasteiger partial charge in [-0.1, -0.05) is 18.2 Å². The van der Waals surface area contributed by atoms with Gasteiger partial charge in [0.1, 0.15) is 11.5 Å². The standard InChI is InChI=1S/C23H25N3O5/c1-14-21(24-22(27)17-10-18(29-3)12-19(11-17)30-4)15(2)26(25-14)13-16-8-6-7-9-20(16)23(28)31-5/h6-12H,13H2,1-5H3,(H,24,27). The second-order valence-corrected chi connectivity index (χ2v) is 6.91. The lowest BCUT2D eigenvalue weighted by Crippen LogP contribution is -2.14. The van der Waals surface area contributed by atoms with E-state index in [9.17, 15) is 9.59 Å². The van der Waals surface area contributed by atoms with E-state index >= 15 is 0 Å². The normalized spacial score (nSPS) is 10.5. The van der Waals surface area contributed by atoms with E-state index in [0.717, 1.165) is 11.3 Å². The predicted molar refractivity (Wildman–Crippen MR) is 116 cm³/mol. The van der Waals surface area contributed by atoms with Crippen LogP contribution in [-0.4, -0.2) is 43.0 Å². The topological polar surface area (TPSA) is 91.7 Å². The van der Waals surface area contributed by atoms with Crippen molar-refractivity contribution in [1.82, 2.24) is 9.78 Å². The van der Waals surface area contributed by atoms with Gasteiger partial charge < -0.3 is 19.5 Å². The molecule has 0 bridgehead atoms. The summed E-state index contributed by atoms with van der Waals surface area (Å²) in [6, 6.07) is 12.2. The molecule has 0 spiro atoms. The summed E-state index contributed by atoms with van der Waals surface area (Å²) < 4.78 is 17.1. The van der Waals surface area contributed by atoms with Crippen molar-refractivity contribution in [3.05, 3.63) is 70.5 Å². The Labute approximate surface area is 180 Å². The molecule has 0 saturated heterocycles. The van der Waals surface area contributed by atoms with E-state index in [2.05, 4.69) is 10.4 Å². The van der Waals surface area contributed by atoms with E-state index in [1.165, 1.54) is 21.3 Å². The molecule has 162 valence electrons. The number of carbonyl (C=O) groups excluding carboxylic acids is 2. The molecule has 1 amide bonds. The maximum Gasteiger partial charge on any atom is 0.338 e. The highest BCUT2D eigenvalue weighted by Crippen LogP contribution is 2.26. The number of esters is 1. The minimum atomic E-state index is -0.405. The number of hydrogen-bond acceptors (Lipinski definition) is 6. The van der Waals surface area contributed by atoms with Crippen LogP contribution in [0.15, 0.2) is 42.5 Å². The number of anilines is 1. The highest BCUT2D eigenvalue weighted by Gasteiger charge is 2.18. The van der Waals surface area contributed by atoms with Crippen LogP contribution in [0.5, 0.6) is 11.5 Å². The number of methoxy groups -OCH3 is 3. The van der Waals surface area contributed by atoms with Gasteiger partial charge in [-0.3, -0.25) is 9.48 Å². The summed E-state index contributed by atoms with van der Waals surface area (Å²) in [5.41, 5.74) is 3.69. The van der Waals surface area contributed by atoms with Gasteiger partial charge in [-0.25, -0.2) is 4.79 Å². The Hall–Kier alpha value is -3.81. The molecular weight excluding hydrogens is 398 g/mol. The maximum atomic E-state index is 12.9. The van der Waals surface area contributed by atoms with Gasteiger partial charge in [-0.15, -0.1) is 0 Å². The van der Waals surface area contributed by atoms with Gasteiger partial charge in [0.2, 0.25) is 0 Å². The van der Waals surface area contributed by atoms with Crippen LogP contribution in [0, 0.1) is 13.8 Å². The molecule has 31 heavy (non-hydrogen) atoms. The summed E-state index contributed by atoms with van der Waals surface area (Å²) in [4.78, 5) is 24.9. The molecule has 0 aliphatic rings. The van der Waals surface area contributed by atoms with E-state index in [4.69, 9.17) is 14.2 Å². The fraction of sp³-hybridized carbons (Fsp3) is 0.261. The van der Waals surface area contributed by atoms with Crippen LogP contribution in [0.25, 0.3) is 0 Å². The number of benzene rings is 2. The summed E-state index contributed by atoms with van der Waals surface area (Å²) in [5.74, 6) is 0.330. The molecule has 2 aromatic carbocycles. The molecule has 0 unspecified atom stereocenters. The van der Waals surface area contributed by atoms with Crippen molar-refractivity contribution < 1.29 is 23.8 Å². The van der Waals surface area contributed by atoms with Gasteiger partial charge in [0.25, 0.3) is 5.91 Å². The number of aromatic nitrogens is 2. The van der Waals surface area contributed by atoms with Crippen LogP contribution in [-0.2, 0) is 11.3 Å². The molecule has 1 aromatic heterocycles. The number of amides is 1. The molecule has 8 nitrogen and oxygen atoms in total. The largest absolute Gasteiger partial charge is 0.497 e. The summed E-state index contributed by atoms with van der Waals surface area (Å²) in [7, 11) is 4.41. The van der Waals surface area contributed by atoms with Crippen LogP contribution in [0.2, 0.25) is 0 Å². The molecule has 0 radical (unpaired) electrons. The molecule has 1 heterocycles. The number of aryl methyl sites for hydroxylation is 1. The first-order valence-corrected chi connectivity index (χ1v) is 9.62. The Kier molecular flexibility index (Phi) is 6.59. The number of carbonyl (C=O) groups is 2. The van der Waals surface area contributed by atoms with Gasteiger partial charge in [0, 0.05) is 11.6 Å². The zero-order valence-corrected chi connectivity index (χ0v) is 18.2. The molecule has 1 N–H and O–H groups in total. The van der Waals surface area contributed by atoms with Gasteiger partial charge in [0.05, 0.1) is 50.5 Å². The Balaban J connectivity index is 1.88. The summed E-state index contributed by atoms with van der Waals surface area (Å²) in [6.45, 7) is 4.04. The first-order valence-electron chi connectivity index (χ1n) is 9.62. The van der Waals surface area contributed by atoms with Crippen molar-refractivity contribution in [2.75, 3.05) is 26.6 Å². The average molecular weight is 423 g/mol. The third kappa shape index (κ3) is 4.69. The number of hydrogen-bond donors (Lipinski definition) is 1. The third-order valence-corrected chi connectivity index (χ3v) is 4.98. The second-order valence-electron chi connectivity index (χ2n) is 6.91. The van der Waals surface area contributed by atoms with E-state index in [-0.39, 0.29) is 5.91 Å². The first-order chi connectivity index (χ1) is 14.9. The molecule has 0 aliphatic carbocycles. The first kappa shape index (κ1) is 21.9. The van der Waals surface area contributed by atoms with E-state index in [0.29, 0.717) is 40.6 Å². The third-order valence-electron chi connectivity index (χ3n) is 4.98. The lowest BCUT2D eigenvalue weighted by Gasteiger charge is -2.11. The minimum Gasteiger partial charge on any atom is -0.497 e. The van der Waals surface area contributed by atoms with E-state index in [1.807, 2.05) is 26.0 Å². The van der Waals surface area contributed by atoms with Crippen LogP contribution >= 0.6 is 0 Å². The molecule has 0 aliphatic heterocycles. The minimum absolute atomic E-state index is 0.307. The van der Waals surface area contributed by atoms with E-state index in [1.54, 1.807) is 35.0 Å². The molecule has 0 saturated carbocycles. The second kappa shape index (κ2) is 9.34. The van der Waals surface area contributed by atoms with Gasteiger partial charge in [-0.05, 0) is 37.6 Å². The Morgan fingerprint density at radius 1 is 1.00 bits per heavy atom. The Morgan fingerprint density at radius 2 is 1.65 bits per heavy atom. The van der Waals surface area contributed by atoms with E-state index < -0.39 is 5.97 Å². The smallest absolute Gasteiger partial charge is 0.338 e. The summed E-state index contributed by atoms with van der Waals surface area (Å²) in [5, 5.41) is 7.47. The van der Waals surface area contributed by atoms with Crippen LogP contribution in [0.4, 0.5) is 5.69 Å². The van der Waals surface area contributed by atoms with Crippen molar-refractivity contribution in [3.8, 4) is 11.5 Å². The van der Waals surface area contributed by atoms with Crippen LogP contribution in [0.3, 0.4) is 0 Å². The Morgan fingerprint density at radius 3 is 2.26 bits per heavy atom. The quantitative estimate of drug-likeness (QED) is 0.584. The SMILES string of the molecule is COC(=O)c1ccccc1Cn1nc(C)c(NC(=O)c2cc(OC)cc(OC)c2)c1C. The number of rotatable bonds is 7. The predicted octanol–water partition coefficient (Wildman–Crippen LogP) is 3.60. The number of nitrogens with one attached hydrogen (secondary N) is 1. The number of nitrogens with zero attached hydrogens (tertiary/aromatic N) is 2. The number of ether oxygens (including phenoxy) is 3. The van der Waals surface area contributed by atoms with Gasteiger partial charge in [0.15, 0.2) is 0 Å². The lowest BCUT2D eigenvalue weighted by atomic mass is 10.1. The monoisotopic (exact) mass is 423 g/mol. The molecule has 0 fully saturated rings. The maximum absolute atomic E-state index is 12.9. The van der Waals surface area contributed by atoms with Crippen molar-refractivity contribution in [2.24, 2.45) is 0 Å². The van der Waals surface area contributed by atoms with Gasteiger partial charge in [-0.2, -0.15) is 5.10 Å². The van der Waals surface area contributed by atoms with Crippen molar-refractivity contribution in [2.45, 2.75) is 20.4 Å². The highest BCUT2D eigenvalue weighted by molar-refractivity contribution is 6.05. The average Bonchev–Trinajstić information content (AvgIpc) is 3.05. The lowest BCUT2D eigenvalue weighted by molar-refractivity contribution is 0.0599. The van der Waals surface area contributed by atoms with Crippen molar-refractivity contribution in [1.29, 1.82) is 0 Å². The van der Waals surface area contributed by atoms with Gasteiger partial charge >= 0.3 is 5.97 Å². The Bertz CT molecular complexity index is 1100. The molecular formula is C23H25N3O5. The van der Waals surface area contributed by atoms with Crippen LogP contribution < -0.4 is 14.8 Å². The fourth-order valence-corrected chi connectivity index (χ4v) is 3.28. The molecule has 8 heteroatoms. The fourth-order valence-electron chi connectivity index (χ4n) is 3.28. The van der Waals surface area contributed by atoms with Crippen LogP contribution in [0.1, 0.15) is 37.7 Å². The van der Waals surface area contributed by atoms with Crippen molar-refractivity contribution >= 4 is 17.6 Å². The highest BCUT2D eigenvalue weighted by atomic mass is 16.5. The zero-order valence-electron chi connectivity index (χ0n) is 18.2. The zero-order chi connectivity index (χ0) is 22.5. The summed E-state index contributed by atoms with van der Waals surface area (Å²) >= 11 is 0.